The number of benzene rings is 5. The molecule has 0 amide bonds. The largest absolute Gasteiger partial charge is 0.216 e. The fourth-order valence-electron chi connectivity index (χ4n) is 13.6. The van der Waals surface area contributed by atoms with Crippen molar-refractivity contribution in [1.29, 1.82) is 0 Å². The van der Waals surface area contributed by atoms with Crippen LogP contribution in [-0.4, -0.2) is 0 Å². The highest BCUT2D eigenvalue weighted by molar-refractivity contribution is 5.69. The van der Waals surface area contributed by atoms with Crippen LogP contribution < -0.4 is 22.8 Å². The molecule has 5 heterocycles. The summed E-state index contributed by atoms with van der Waals surface area (Å²) in [6, 6.07) is 36.2. The van der Waals surface area contributed by atoms with Gasteiger partial charge in [-0.15, -0.1) is 0 Å². The monoisotopic (exact) mass is 1240 g/mol. The molecule has 472 valence electrons. The smallest absolute Gasteiger partial charge is 0.201 e. The van der Waals surface area contributed by atoms with Gasteiger partial charge in [-0.2, -0.15) is 0 Å². The van der Waals surface area contributed by atoms with Crippen LogP contribution in [0, 0.1) is 68.9 Å². The summed E-state index contributed by atoms with van der Waals surface area (Å²) >= 11 is 0. The zero-order chi connectivity index (χ0) is 85.7. The molecule has 0 saturated carbocycles. The highest BCUT2D eigenvalue weighted by Crippen LogP contribution is 2.36. The van der Waals surface area contributed by atoms with Gasteiger partial charge in [-0.05, 0) is 264 Å². The summed E-state index contributed by atoms with van der Waals surface area (Å²) in [6.07, 6.45) is 7.72. The maximum atomic E-state index is 8.48. The number of aromatic nitrogens is 5. The molecule has 5 aromatic carbocycles. The van der Waals surface area contributed by atoms with E-state index >= 15 is 0 Å². The number of fused-ring (bicyclic) bond motifs is 5. The third-order valence-electron chi connectivity index (χ3n) is 18.3. The van der Waals surface area contributed by atoms with E-state index in [1.807, 2.05) is 73.7 Å². The van der Waals surface area contributed by atoms with Crippen LogP contribution in [0.4, 0.5) is 0 Å². The van der Waals surface area contributed by atoms with Crippen molar-refractivity contribution in [3.8, 4) is 56.3 Å². The van der Waals surface area contributed by atoms with Gasteiger partial charge in [0.05, 0.1) is 0 Å². The fraction of sp³-hybridized carbons (Fsp3) is 0.368. The van der Waals surface area contributed by atoms with Crippen molar-refractivity contribution in [2.24, 2.45) is 35.2 Å². The van der Waals surface area contributed by atoms with E-state index in [0.717, 1.165) is 91.8 Å². The maximum absolute atomic E-state index is 8.48. The van der Waals surface area contributed by atoms with Gasteiger partial charge in [0.1, 0.15) is 35.2 Å². The van der Waals surface area contributed by atoms with Crippen LogP contribution in [0.15, 0.2) is 152 Å². The molecule has 10 aromatic rings. The summed E-state index contributed by atoms with van der Waals surface area (Å²) in [4.78, 5) is 0. The molecular formula is C87H104N5+5. The summed E-state index contributed by atoms with van der Waals surface area (Å²) in [6.45, 7) is 3.15. The SMILES string of the molecule is Cc1ccc(-c2c3c(cc[n+]2C)CCC3)c(C)c1.[2H]C([2H])([2H])c1ccc(-c2c3c(cc[n+]2C)C([2H])([2H])CC3([2H])[2H])c(C)c1.[2H]C([2H])([2H])c1ccc(-c2c3c(cc[n+]2C)C([2H])([2H])CCC3([2H])[2H])c(C)c1.[2H]C([2H])([2H])c1ccc(-c2cc3c(c[n+]2C)CCC3([2H])[2H])c(C)c1.[2H]C([2H])([2H])c1ccc(-c2cc3c(c[n+]2C)CCCC3([2H])[2H])c(C)c1. The minimum atomic E-state index is -2.20. The number of nitrogens with zero attached hydrogens (tertiary/aromatic N) is 5. The lowest BCUT2D eigenvalue weighted by Gasteiger charge is -2.18. The van der Waals surface area contributed by atoms with Gasteiger partial charge < -0.3 is 0 Å². The van der Waals surface area contributed by atoms with Crippen molar-refractivity contribution in [3.63, 3.8) is 0 Å². The van der Waals surface area contributed by atoms with Crippen LogP contribution in [0.3, 0.4) is 0 Å². The molecule has 5 heteroatoms. The molecule has 15 rings (SSSR count). The van der Waals surface area contributed by atoms with Crippen LogP contribution >= 0.6 is 0 Å². The molecule has 5 aliphatic rings. The van der Waals surface area contributed by atoms with Crippen LogP contribution in [0.2, 0.25) is 0 Å². The Kier molecular flexibility index (Phi) is 13.0. The van der Waals surface area contributed by atoms with Gasteiger partial charge >= 0.3 is 0 Å². The van der Waals surface area contributed by atoms with Gasteiger partial charge in [0.15, 0.2) is 31.0 Å². The first-order chi connectivity index (χ1) is 53.5. The molecule has 92 heavy (non-hydrogen) atoms. The summed E-state index contributed by atoms with van der Waals surface area (Å²) in [7, 11) is 9.65. The van der Waals surface area contributed by atoms with E-state index in [9.17, 15) is 0 Å². The topological polar surface area (TPSA) is 19.4 Å². The Morgan fingerprint density at radius 1 is 0.283 bits per heavy atom. The maximum Gasteiger partial charge on any atom is 0.216 e. The second kappa shape index (κ2) is 28.8. The fourth-order valence-corrected chi connectivity index (χ4v) is 13.6. The number of pyridine rings is 5. The van der Waals surface area contributed by atoms with Crippen molar-refractivity contribution in [3.05, 3.63) is 264 Å². The molecule has 5 nitrogen and oxygen atoms in total. The lowest BCUT2D eigenvalue weighted by molar-refractivity contribution is -0.661. The van der Waals surface area contributed by atoms with Crippen molar-refractivity contribution in [1.82, 2.24) is 0 Å². The third-order valence-corrected chi connectivity index (χ3v) is 18.3. The molecule has 0 unspecified atom stereocenters. The quantitative estimate of drug-likeness (QED) is 0.153. The predicted octanol–water partition coefficient (Wildman–Crippen LogP) is 17.2. The highest BCUT2D eigenvalue weighted by Gasteiger charge is 2.28. The molecular weight excluding hydrogens is 1110 g/mol. The molecule has 5 aliphatic carbocycles. The Balaban J connectivity index is 0.000000143. The van der Waals surface area contributed by atoms with Crippen molar-refractivity contribution < 1.29 is 55.7 Å². The normalized spacial score (nSPS) is 21.6. The van der Waals surface area contributed by atoms with Gasteiger partial charge in [-0.1, -0.05) is 88.5 Å². The van der Waals surface area contributed by atoms with Crippen LogP contribution in [0.1, 0.15) is 189 Å². The van der Waals surface area contributed by atoms with Crippen molar-refractivity contribution in [2.75, 3.05) is 0 Å². The first-order valence-electron chi connectivity index (χ1n) is 44.2. The van der Waals surface area contributed by atoms with Gasteiger partial charge in [0, 0.05) is 119 Å². The van der Waals surface area contributed by atoms with Crippen molar-refractivity contribution in [2.45, 2.75) is 178 Å². The van der Waals surface area contributed by atoms with E-state index in [-0.39, 0.29) is 30.4 Å². The Morgan fingerprint density at radius 2 is 0.630 bits per heavy atom. The van der Waals surface area contributed by atoms with E-state index in [1.54, 1.807) is 127 Å². The summed E-state index contributed by atoms with van der Waals surface area (Å²) in [5.41, 5.74) is 24.4. The van der Waals surface area contributed by atoms with Gasteiger partial charge in [-0.3, -0.25) is 0 Å². The van der Waals surface area contributed by atoms with Crippen LogP contribution in [-0.2, 0) is 99.2 Å². The summed E-state index contributed by atoms with van der Waals surface area (Å²) in [5, 5.41) is 0. The van der Waals surface area contributed by atoms with E-state index in [0.29, 0.717) is 63.2 Å². The average molecular weight is 1240 g/mol. The molecule has 5 aromatic heterocycles. The molecule has 0 atom stereocenters. The Labute approximate surface area is 586 Å². The zero-order valence-corrected chi connectivity index (χ0v) is 55.4. The van der Waals surface area contributed by atoms with E-state index in [2.05, 4.69) is 55.9 Å². The highest BCUT2D eigenvalue weighted by atomic mass is 14.9. The van der Waals surface area contributed by atoms with E-state index < -0.39 is 65.6 Å². The predicted molar refractivity (Wildman–Crippen MR) is 382 cm³/mol. The average Bonchev–Trinajstić information content (AvgIpc) is 1.58. The second-order valence-electron chi connectivity index (χ2n) is 25.2. The molecule has 0 fully saturated rings. The minimum absolute atomic E-state index is 0.108. The molecule has 0 saturated heterocycles. The van der Waals surface area contributed by atoms with Crippen LogP contribution in [0.5, 0.6) is 0 Å². The lowest BCUT2D eigenvalue weighted by Crippen LogP contribution is -2.33. The Morgan fingerprint density at radius 3 is 1.10 bits per heavy atom. The first kappa shape index (κ1) is 41.4. The molecule has 0 aliphatic heterocycles. The number of hydrogen-bond acceptors (Lipinski definition) is 0. The third kappa shape index (κ3) is 14.5. The summed E-state index contributed by atoms with van der Waals surface area (Å²) in [5.74, 6) is 0. The van der Waals surface area contributed by atoms with Gasteiger partial charge in [0.25, 0.3) is 0 Å². The first-order valence-corrected chi connectivity index (χ1v) is 32.2. The number of hydrogen-bond donors (Lipinski definition) is 0. The second-order valence-corrected chi connectivity index (χ2v) is 25.2. The summed E-state index contributed by atoms with van der Waals surface area (Å²) < 4.78 is 200. The zero-order valence-electron chi connectivity index (χ0n) is 79.4. The minimum Gasteiger partial charge on any atom is -0.201 e. The molecule has 0 spiro atoms. The Bertz CT molecular complexity index is 5450. The standard InChI is InChI=1S/2C18H22N.3C17H20N/c1-13-8-9-17(14(2)10-13)18-11-15-6-4-5-7-16(15)12-19(18)3;1-13-8-9-16(14(2)12-13)18-17-7-5-4-6-15(17)10-11-19(18)3;1-12-7-8-16(13(2)9-12)17-10-14-5-4-6-15(14)11-18(17)3;2*1-12-7-8-15(13(2)11-12)17-16-6-4-5-14(16)9-10-18(17)3/h2*8-12H,4-7H2,1-3H3;3*7-11H,4-6H2,1-3H3/q5*+1/i1D3,6D2;1D3,6D2,7D2;1D3,5D2;1D3,5D2,6D2;. The van der Waals surface area contributed by atoms with Crippen LogP contribution in [0.25, 0.3) is 56.3 Å². The van der Waals surface area contributed by atoms with Crippen molar-refractivity contribution >= 4 is 0 Å². The number of aryl methyl sites for hydroxylation is 22. The molecule has 0 bridgehead atoms. The Hall–Kier alpha value is -8.15. The van der Waals surface area contributed by atoms with Gasteiger partial charge in [-0.25, -0.2) is 22.8 Å². The molecule has 0 radical (unpaired) electrons. The van der Waals surface area contributed by atoms with E-state index in [4.69, 9.17) is 32.9 Å². The van der Waals surface area contributed by atoms with E-state index in [1.165, 1.54) is 47.7 Å². The lowest BCUT2D eigenvalue weighted by atomic mass is 9.87. The number of rotatable bonds is 5. The van der Waals surface area contributed by atoms with Gasteiger partial charge in [0.2, 0.25) is 28.5 Å². The molecule has 0 N–H and O–H groups in total.